The monoisotopic (exact) mass is 528 g/mol. The second-order valence-corrected chi connectivity index (χ2v) is 10.2. The summed E-state index contributed by atoms with van der Waals surface area (Å²) in [6.07, 6.45) is 6.20. The number of piperidine rings is 1. The Bertz CT molecular complexity index is 1590. The number of aromatic nitrogens is 3. The summed E-state index contributed by atoms with van der Waals surface area (Å²) in [4.78, 5) is 40.6. The highest BCUT2D eigenvalue weighted by Gasteiger charge is 2.32. The highest BCUT2D eigenvalue weighted by atomic mass is 19.1. The standard InChI is InChI=1S/C29H29FN6O3/c1-35(29(39)17-2-3-17)18-4-6-21(22(30)14-18)24-15-25(27-23(33-24)8-11-31-28(27)38)34-26-7-5-19(16-32-26)36-12-9-20(37)10-13-36/h4-8,11,14-17,20,37H,2-3,9-10,12-13H2,1H3,(H,31,38)(H,32,33,34). The number of benzene rings is 1. The Hall–Kier alpha value is -4.31. The first-order valence-corrected chi connectivity index (χ1v) is 13.1. The molecule has 9 nitrogen and oxygen atoms in total. The number of anilines is 4. The Labute approximate surface area is 224 Å². The molecule has 3 aromatic heterocycles. The molecule has 1 amide bonds. The van der Waals surface area contributed by atoms with Gasteiger partial charge < -0.3 is 25.2 Å². The van der Waals surface area contributed by atoms with Crippen molar-refractivity contribution in [2.75, 3.05) is 35.3 Å². The third-order valence-electron chi connectivity index (χ3n) is 7.44. The second-order valence-electron chi connectivity index (χ2n) is 10.2. The summed E-state index contributed by atoms with van der Waals surface area (Å²) >= 11 is 0. The number of aromatic amines is 1. The van der Waals surface area contributed by atoms with Gasteiger partial charge in [0, 0.05) is 43.5 Å². The molecule has 200 valence electrons. The highest BCUT2D eigenvalue weighted by Crippen LogP contribution is 2.34. The van der Waals surface area contributed by atoms with Crippen molar-refractivity contribution in [1.82, 2.24) is 15.0 Å². The van der Waals surface area contributed by atoms with Crippen molar-refractivity contribution >= 4 is 39.7 Å². The van der Waals surface area contributed by atoms with Crippen LogP contribution in [0.4, 0.5) is 27.3 Å². The van der Waals surface area contributed by atoms with E-state index in [-0.39, 0.29) is 29.1 Å². The van der Waals surface area contributed by atoms with Crippen LogP contribution in [0.25, 0.3) is 22.2 Å². The minimum absolute atomic E-state index is 0.00640. The third-order valence-corrected chi connectivity index (χ3v) is 7.44. The van der Waals surface area contributed by atoms with Crippen LogP contribution in [0, 0.1) is 11.7 Å². The lowest BCUT2D eigenvalue weighted by atomic mass is 10.1. The van der Waals surface area contributed by atoms with E-state index in [0.29, 0.717) is 33.8 Å². The summed E-state index contributed by atoms with van der Waals surface area (Å²) in [7, 11) is 1.66. The Morgan fingerprint density at radius 2 is 1.92 bits per heavy atom. The third kappa shape index (κ3) is 5.07. The molecule has 39 heavy (non-hydrogen) atoms. The van der Waals surface area contributed by atoms with Gasteiger partial charge in [-0.1, -0.05) is 0 Å². The average molecular weight is 529 g/mol. The molecule has 0 radical (unpaired) electrons. The van der Waals surface area contributed by atoms with Gasteiger partial charge in [0.15, 0.2) is 0 Å². The number of carbonyl (C=O) groups excluding carboxylic acids is 1. The maximum Gasteiger partial charge on any atom is 0.259 e. The van der Waals surface area contributed by atoms with Gasteiger partial charge in [-0.3, -0.25) is 9.59 Å². The van der Waals surface area contributed by atoms with Crippen molar-refractivity contribution < 1.29 is 14.3 Å². The fourth-order valence-electron chi connectivity index (χ4n) is 4.99. The van der Waals surface area contributed by atoms with Crippen LogP contribution in [-0.2, 0) is 4.79 Å². The number of amides is 1. The highest BCUT2D eigenvalue weighted by molar-refractivity contribution is 5.97. The molecule has 1 aliphatic heterocycles. The first-order chi connectivity index (χ1) is 18.9. The fraction of sp³-hybridized carbons (Fsp3) is 0.310. The number of halogens is 1. The second kappa shape index (κ2) is 10.1. The van der Waals surface area contributed by atoms with Crippen LogP contribution in [0.15, 0.2) is 59.7 Å². The van der Waals surface area contributed by atoms with Gasteiger partial charge in [0.25, 0.3) is 5.56 Å². The number of hydrogen-bond donors (Lipinski definition) is 3. The summed E-state index contributed by atoms with van der Waals surface area (Å²) < 4.78 is 15.4. The SMILES string of the molecule is CN(C(=O)C1CC1)c1ccc(-c2cc(Nc3ccc(N4CCC(O)CC4)cn3)c3c(=O)[nH]ccc3n2)c(F)c1. The summed E-state index contributed by atoms with van der Waals surface area (Å²) in [6.45, 7) is 1.52. The van der Waals surface area contributed by atoms with Gasteiger partial charge in [-0.25, -0.2) is 14.4 Å². The number of nitrogens with zero attached hydrogens (tertiary/aromatic N) is 4. The molecule has 6 rings (SSSR count). The maximum atomic E-state index is 15.4. The van der Waals surface area contributed by atoms with Crippen LogP contribution in [0.1, 0.15) is 25.7 Å². The molecule has 4 heterocycles. The largest absolute Gasteiger partial charge is 0.393 e. The van der Waals surface area contributed by atoms with E-state index < -0.39 is 5.82 Å². The molecule has 0 atom stereocenters. The van der Waals surface area contributed by atoms with Gasteiger partial charge in [-0.05, 0) is 68.1 Å². The van der Waals surface area contributed by atoms with Crippen LogP contribution in [0.2, 0.25) is 0 Å². The van der Waals surface area contributed by atoms with Gasteiger partial charge in [0.2, 0.25) is 5.91 Å². The average Bonchev–Trinajstić information content (AvgIpc) is 3.79. The fourth-order valence-corrected chi connectivity index (χ4v) is 4.99. The number of hydrogen-bond acceptors (Lipinski definition) is 7. The van der Waals surface area contributed by atoms with E-state index in [0.717, 1.165) is 44.5 Å². The summed E-state index contributed by atoms with van der Waals surface area (Å²) in [5.41, 5.74) is 2.57. The van der Waals surface area contributed by atoms with Gasteiger partial charge in [-0.2, -0.15) is 0 Å². The zero-order valence-electron chi connectivity index (χ0n) is 21.5. The number of carbonyl (C=O) groups is 1. The van der Waals surface area contributed by atoms with Crippen LogP contribution >= 0.6 is 0 Å². The topological polar surface area (TPSA) is 114 Å². The van der Waals surface area contributed by atoms with Crippen LogP contribution in [-0.4, -0.2) is 52.2 Å². The number of aliphatic hydroxyl groups is 1. The number of pyridine rings is 3. The van der Waals surface area contributed by atoms with Crippen molar-refractivity contribution in [3.05, 3.63) is 71.0 Å². The molecule has 2 fully saturated rings. The summed E-state index contributed by atoms with van der Waals surface area (Å²) in [5.74, 6) is 0.0309. The molecule has 10 heteroatoms. The Morgan fingerprint density at radius 3 is 2.62 bits per heavy atom. The first kappa shape index (κ1) is 25.0. The molecular formula is C29H29FN6O3. The predicted molar refractivity (Wildman–Crippen MR) is 149 cm³/mol. The van der Waals surface area contributed by atoms with Crippen molar-refractivity contribution in [3.8, 4) is 11.3 Å². The zero-order valence-corrected chi connectivity index (χ0v) is 21.5. The van der Waals surface area contributed by atoms with Crippen molar-refractivity contribution in [2.24, 2.45) is 5.92 Å². The van der Waals surface area contributed by atoms with Gasteiger partial charge in [0.05, 0.1) is 40.3 Å². The molecular weight excluding hydrogens is 499 g/mol. The van der Waals surface area contributed by atoms with Crippen molar-refractivity contribution in [3.63, 3.8) is 0 Å². The maximum absolute atomic E-state index is 15.4. The van der Waals surface area contributed by atoms with Crippen LogP contribution in [0.3, 0.4) is 0 Å². The lowest BCUT2D eigenvalue weighted by Gasteiger charge is -2.31. The molecule has 1 aliphatic carbocycles. The molecule has 2 aliphatic rings. The molecule has 0 spiro atoms. The molecule has 3 N–H and O–H groups in total. The molecule has 4 aromatic rings. The summed E-state index contributed by atoms with van der Waals surface area (Å²) in [6, 6.07) is 11.7. The Balaban J connectivity index is 1.32. The Morgan fingerprint density at radius 1 is 1.13 bits per heavy atom. The predicted octanol–water partition coefficient (Wildman–Crippen LogP) is 4.20. The minimum Gasteiger partial charge on any atom is -0.393 e. The molecule has 0 unspecified atom stereocenters. The van der Waals surface area contributed by atoms with E-state index in [1.165, 1.54) is 17.2 Å². The number of nitrogens with one attached hydrogen (secondary N) is 2. The van der Waals surface area contributed by atoms with E-state index in [4.69, 9.17) is 0 Å². The van der Waals surface area contributed by atoms with E-state index >= 15 is 4.39 Å². The van der Waals surface area contributed by atoms with Crippen LogP contribution < -0.4 is 20.7 Å². The number of fused-ring (bicyclic) bond motifs is 1. The zero-order chi connectivity index (χ0) is 27.1. The molecule has 0 bridgehead atoms. The molecule has 1 aromatic carbocycles. The minimum atomic E-state index is -0.514. The van der Waals surface area contributed by atoms with Crippen molar-refractivity contribution in [1.29, 1.82) is 0 Å². The van der Waals surface area contributed by atoms with E-state index in [2.05, 4.69) is 25.2 Å². The smallest absolute Gasteiger partial charge is 0.259 e. The normalized spacial score (nSPS) is 15.9. The van der Waals surface area contributed by atoms with Gasteiger partial charge in [-0.15, -0.1) is 0 Å². The number of H-pyrrole nitrogens is 1. The van der Waals surface area contributed by atoms with E-state index in [1.807, 2.05) is 12.1 Å². The lowest BCUT2D eigenvalue weighted by Crippen LogP contribution is -2.35. The van der Waals surface area contributed by atoms with Crippen LogP contribution in [0.5, 0.6) is 0 Å². The Kier molecular flexibility index (Phi) is 6.48. The molecule has 1 saturated carbocycles. The lowest BCUT2D eigenvalue weighted by molar-refractivity contribution is -0.119. The van der Waals surface area contributed by atoms with E-state index in [1.54, 1.807) is 37.5 Å². The number of aliphatic hydroxyl groups excluding tert-OH is 1. The quantitative estimate of drug-likeness (QED) is 0.344. The molecule has 1 saturated heterocycles. The van der Waals surface area contributed by atoms with Crippen molar-refractivity contribution in [2.45, 2.75) is 31.8 Å². The van der Waals surface area contributed by atoms with E-state index in [9.17, 15) is 14.7 Å². The van der Waals surface area contributed by atoms with Gasteiger partial charge in [0.1, 0.15) is 11.6 Å². The number of rotatable bonds is 6. The van der Waals surface area contributed by atoms with Gasteiger partial charge >= 0.3 is 0 Å². The first-order valence-electron chi connectivity index (χ1n) is 13.1. The summed E-state index contributed by atoms with van der Waals surface area (Å²) in [5, 5.41) is 13.3.